The predicted molar refractivity (Wildman–Crippen MR) is 114 cm³/mol. The van der Waals surface area contributed by atoms with Crippen LogP contribution in [0.4, 0.5) is 4.39 Å². The molecule has 0 spiro atoms. The maximum atomic E-state index is 13.3. The monoisotopic (exact) mass is 427 g/mol. The Hall–Kier alpha value is -4.39. The van der Waals surface area contributed by atoms with Crippen LogP contribution in [-0.4, -0.2) is 18.7 Å². The number of carbonyl (C=O) groups is 1. The predicted octanol–water partition coefficient (Wildman–Crippen LogP) is 4.70. The van der Waals surface area contributed by atoms with Crippen molar-refractivity contribution < 1.29 is 28.1 Å². The molecule has 3 aliphatic heterocycles. The van der Waals surface area contributed by atoms with E-state index in [-0.39, 0.29) is 24.2 Å². The van der Waals surface area contributed by atoms with Gasteiger partial charge in [0, 0.05) is 22.3 Å². The van der Waals surface area contributed by atoms with Crippen molar-refractivity contribution in [1.82, 2.24) is 0 Å². The molecule has 0 fully saturated rings. The zero-order valence-corrected chi connectivity index (χ0v) is 16.5. The van der Waals surface area contributed by atoms with Crippen molar-refractivity contribution in [2.45, 2.75) is 0 Å². The highest BCUT2D eigenvalue weighted by atomic mass is 19.1. The fourth-order valence-corrected chi connectivity index (χ4v) is 3.72. The van der Waals surface area contributed by atoms with E-state index in [0.29, 0.717) is 39.7 Å². The van der Waals surface area contributed by atoms with Gasteiger partial charge in [-0.05, 0) is 54.6 Å². The topological polar surface area (TPSA) is 66.4 Å². The summed E-state index contributed by atoms with van der Waals surface area (Å²) in [6.07, 6.45) is 1.76. The quantitative estimate of drug-likeness (QED) is 0.438. The van der Waals surface area contributed by atoms with E-state index in [2.05, 4.69) is 4.99 Å². The number of carbonyl (C=O) groups excluding carboxylic acids is 1. The lowest BCUT2D eigenvalue weighted by atomic mass is 9.97. The molecule has 0 amide bonds. The number of nitrogens with zero attached hydrogens (tertiary/aromatic N) is 1. The van der Waals surface area contributed by atoms with Crippen molar-refractivity contribution in [1.29, 1.82) is 0 Å². The summed E-state index contributed by atoms with van der Waals surface area (Å²) in [5.41, 5.74) is 2.71. The second-order valence-electron chi connectivity index (χ2n) is 7.25. The molecule has 3 aromatic carbocycles. The average Bonchev–Trinajstić information content (AvgIpc) is 3.45. The Morgan fingerprint density at radius 1 is 0.812 bits per heavy atom. The molecule has 6 nitrogen and oxygen atoms in total. The van der Waals surface area contributed by atoms with Gasteiger partial charge in [0.25, 0.3) is 0 Å². The van der Waals surface area contributed by atoms with Gasteiger partial charge in [0.1, 0.15) is 17.3 Å². The number of rotatable bonds is 2. The summed E-state index contributed by atoms with van der Waals surface area (Å²) in [4.78, 5) is 17.2. The number of cyclic esters (lactones) is 1. The van der Waals surface area contributed by atoms with E-state index in [0.717, 1.165) is 5.56 Å². The zero-order chi connectivity index (χ0) is 21.7. The van der Waals surface area contributed by atoms with Crippen LogP contribution < -0.4 is 14.2 Å². The minimum atomic E-state index is -0.586. The molecule has 0 aromatic heterocycles. The van der Waals surface area contributed by atoms with Crippen molar-refractivity contribution in [2.75, 3.05) is 6.79 Å². The number of para-hydroxylation sites is 1. The van der Waals surface area contributed by atoms with Crippen LogP contribution in [0, 0.1) is 5.82 Å². The number of hydrogen-bond acceptors (Lipinski definition) is 6. The summed E-state index contributed by atoms with van der Waals surface area (Å²) in [7, 11) is 0. The van der Waals surface area contributed by atoms with Gasteiger partial charge in [-0.3, -0.25) is 0 Å². The van der Waals surface area contributed by atoms with Gasteiger partial charge in [0.05, 0.1) is 0 Å². The first-order chi connectivity index (χ1) is 15.7. The molecular formula is C25H14FNO5. The van der Waals surface area contributed by atoms with Crippen LogP contribution in [0.3, 0.4) is 0 Å². The minimum Gasteiger partial charge on any atom is -0.456 e. The molecule has 3 heterocycles. The van der Waals surface area contributed by atoms with Crippen molar-refractivity contribution >= 4 is 23.2 Å². The first-order valence-corrected chi connectivity index (χ1v) is 9.86. The number of halogens is 1. The number of allylic oxidation sites excluding steroid dienone is 2. The summed E-state index contributed by atoms with van der Waals surface area (Å²) in [5, 5.41) is 0. The summed E-state index contributed by atoms with van der Waals surface area (Å²) in [6.45, 7) is 0.170. The van der Waals surface area contributed by atoms with Crippen molar-refractivity contribution in [2.24, 2.45) is 4.99 Å². The fraction of sp³-hybridized carbons (Fsp3) is 0.0400. The van der Waals surface area contributed by atoms with Gasteiger partial charge in [-0.1, -0.05) is 18.2 Å². The summed E-state index contributed by atoms with van der Waals surface area (Å²) in [5.74, 6) is 1.56. The molecule has 156 valence electrons. The molecule has 7 heteroatoms. The van der Waals surface area contributed by atoms with Crippen LogP contribution in [0.25, 0.3) is 11.3 Å². The van der Waals surface area contributed by atoms with E-state index in [1.54, 1.807) is 6.08 Å². The Kier molecular flexibility index (Phi) is 4.07. The first kappa shape index (κ1) is 18.4. The summed E-state index contributed by atoms with van der Waals surface area (Å²) < 4.78 is 35.6. The van der Waals surface area contributed by atoms with Crippen LogP contribution in [0.2, 0.25) is 0 Å². The molecule has 6 rings (SSSR count). The maximum Gasteiger partial charge on any atom is 0.364 e. The molecule has 3 aromatic rings. The molecule has 0 N–H and O–H groups in total. The SMILES string of the molecule is O=C1OC(c2ccc(F)cc2)=N/C1=C1/C=C(c2ccc3c(c2)OCO3)Oc2ccccc21. The van der Waals surface area contributed by atoms with Gasteiger partial charge < -0.3 is 18.9 Å². The third kappa shape index (κ3) is 3.02. The molecule has 0 radical (unpaired) electrons. The van der Waals surface area contributed by atoms with Crippen LogP contribution >= 0.6 is 0 Å². The summed E-state index contributed by atoms with van der Waals surface area (Å²) >= 11 is 0. The van der Waals surface area contributed by atoms with E-state index in [9.17, 15) is 9.18 Å². The van der Waals surface area contributed by atoms with Gasteiger partial charge in [0.15, 0.2) is 17.2 Å². The van der Waals surface area contributed by atoms with Gasteiger partial charge in [-0.2, -0.15) is 0 Å². The number of ether oxygens (including phenoxy) is 4. The van der Waals surface area contributed by atoms with Crippen molar-refractivity contribution in [3.63, 3.8) is 0 Å². The Bertz CT molecular complexity index is 1370. The average molecular weight is 427 g/mol. The lowest BCUT2D eigenvalue weighted by Gasteiger charge is -2.20. The van der Waals surface area contributed by atoms with E-state index < -0.39 is 5.97 Å². The third-order valence-electron chi connectivity index (χ3n) is 5.27. The molecule has 0 bridgehead atoms. The Morgan fingerprint density at radius 3 is 2.47 bits per heavy atom. The molecule has 0 atom stereocenters. The van der Waals surface area contributed by atoms with Crippen LogP contribution in [0.1, 0.15) is 16.7 Å². The highest BCUT2D eigenvalue weighted by Gasteiger charge is 2.31. The molecule has 32 heavy (non-hydrogen) atoms. The number of benzene rings is 3. The van der Waals surface area contributed by atoms with E-state index in [1.807, 2.05) is 42.5 Å². The Labute approximate surface area is 181 Å². The van der Waals surface area contributed by atoms with E-state index in [1.165, 1.54) is 24.3 Å². The number of fused-ring (bicyclic) bond motifs is 2. The van der Waals surface area contributed by atoms with Crippen LogP contribution in [0.15, 0.2) is 83.5 Å². The lowest BCUT2D eigenvalue weighted by molar-refractivity contribution is -0.129. The van der Waals surface area contributed by atoms with Gasteiger partial charge in [0.2, 0.25) is 12.7 Å². The first-order valence-electron chi connectivity index (χ1n) is 9.86. The summed E-state index contributed by atoms with van der Waals surface area (Å²) in [6, 6.07) is 18.5. The van der Waals surface area contributed by atoms with Crippen molar-refractivity contribution in [3.8, 4) is 17.2 Å². The molecule has 0 saturated carbocycles. The molecular weight excluding hydrogens is 413 g/mol. The second kappa shape index (κ2) is 7.09. The molecule has 3 aliphatic rings. The van der Waals surface area contributed by atoms with Crippen molar-refractivity contribution in [3.05, 3.63) is 101 Å². The normalized spacial score (nSPS) is 18.5. The van der Waals surface area contributed by atoms with Gasteiger partial charge in [-0.25, -0.2) is 14.2 Å². The Balaban J connectivity index is 1.49. The van der Waals surface area contributed by atoms with Crippen LogP contribution in [0.5, 0.6) is 17.2 Å². The smallest absolute Gasteiger partial charge is 0.364 e. The number of aliphatic imine (C=N–C) groups is 1. The highest BCUT2D eigenvalue weighted by Crippen LogP contribution is 2.42. The minimum absolute atomic E-state index is 0.125. The van der Waals surface area contributed by atoms with Crippen LogP contribution in [-0.2, 0) is 9.53 Å². The molecule has 0 saturated heterocycles. The maximum absolute atomic E-state index is 13.3. The standard InChI is InChI=1S/C25H14FNO5/c26-16-8-5-14(6-9-16)24-27-23(25(28)32-24)18-12-21(31-19-4-2-1-3-17(18)19)15-7-10-20-22(11-15)30-13-29-20/h1-12H,13H2/b23-18-. The van der Waals surface area contributed by atoms with E-state index in [4.69, 9.17) is 18.9 Å². The molecule has 0 unspecified atom stereocenters. The fourth-order valence-electron chi connectivity index (χ4n) is 3.72. The third-order valence-corrected chi connectivity index (χ3v) is 5.27. The van der Waals surface area contributed by atoms with E-state index >= 15 is 0 Å². The van der Waals surface area contributed by atoms with Gasteiger partial charge >= 0.3 is 5.97 Å². The zero-order valence-electron chi connectivity index (χ0n) is 16.5. The second-order valence-corrected chi connectivity index (χ2v) is 7.25. The molecule has 0 aliphatic carbocycles. The lowest BCUT2D eigenvalue weighted by Crippen LogP contribution is -2.08. The Morgan fingerprint density at radius 2 is 1.59 bits per heavy atom. The largest absolute Gasteiger partial charge is 0.456 e. The number of esters is 1. The highest BCUT2D eigenvalue weighted by molar-refractivity contribution is 6.15. The van der Waals surface area contributed by atoms with Gasteiger partial charge in [-0.15, -0.1) is 0 Å². The number of hydrogen-bond donors (Lipinski definition) is 0.